The molecule has 1 rings (SSSR count). The second-order valence-corrected chi connectivity index (χ2v) is 5.35. The molecule has 0 aliphatic carbocycles. The monoisotopic (exact) mass is 293 g/mol. The van der Waals surface area contributed by atoms with Gasteiger partial charge in [0.2, 0.25) is 5.91 Å². The van der Waals surface area contributed by atoms with Crippen LogP contribution in [-0.2, 0) is 9.59 Å². The van der Waals surface area contributed by atoms with Crippen LogP contribution < -0.4 is 10.1 Å². The van der Waals surface area contributed by atoms with E-state index in [9.17, 15) is 9.59 Å². The second-order valence-electron chi connectivity index (χ2n) is 5.35. The van der Waals surface area contributed by atoms with E-state index in [1.165, 1.54) is 0 Å². The van der Waals surface area contributed by atoms with Crippen LogP contribution in [0.4, 0.5) is 5.69 Å². The maximum absolute atomic E-state index is 11.7. The predicted molar refractivity (Wildman–Crippen MR) is 81.5 cm³/mol. The van der Waals surface area contributed by atoms with E-state index in [2.05, 4.69) is 19.2 Å². The van der Waals surface area contributed by atoms with Gasteiger partial charge in [-0.15, -0.1) is 0 Å². The molecule has 0 saturated heterocycles. The molecule has 1 amide bonds. The van der Waals surface area contributed by atoms with E-state index in [1.807, 2.05) is 12.1 Å². The fourth-order valence-electron chi connectivity index (χ4n) is 1.70. The summed E-state index contributed by atoms with van der Waals surface area (Å²) in [5.74, 6) is 0.236. The summed E-state index contributed by atoms with van der Waals surface area (Å²) in [4.78, 5) is 22.0. The summed E-state index contributed by atoms with van der Waals surface area (Å²) >= 11 is 0. The summed E-state index contributed by atoms with van der Waals surface area (Å²) in [7, 11) is 0. The van der Waals surface area contributed by atoms with Crippen molar-refractivity contribution in [3.05, 3.63) is 24.3 Å². The van der Waals surface area contributed by atoms with Gasteiger partial charge in [0.1, 0.15) is 5.75 Å². The van der Waals surface area contributed by atoms with E-state index in [0.717, 1.165) is 12.2 Å². The smallest absolute Gasteiger partial charge is 0.303 e. The van der Waals surface area contributed by atoms with Crippen molar-refractivity contribution in [3.8, 4) is 5.75 Å². The molecule has 0 atom stereocenters. The number of ether oxygens (including phenoxy) is 1. The van der Waals surface area contributed by atoms with Gasteiger partial charge < -0.3 is 15.2 Å². The second kappa shape index (κ2) is 9.00. The molecule has 21 heavy (non-hydrogen) atoms. The molecule has 5 heteroatoms. The molecule has 0 heterocycles. The Morgan fingerprint density at radius 2 is 2.05 bits per heavy atom. The summed E-state index contributed by atoms with van der Waals surface area (Å²) in [6.07, 6.45) is 1.52. The van der Waals surface area contributed by atoms with E-state index in [1.54, 1.807) is 12.1 Å². The molecule has 0 aromatic heterocycles. The van der Waals surface area contributed by atoms with Crippen LogP contribution in [0.5, 0.6) is 5.75 Å². The number of rotatable bonds is 9. The molecule has 116 valence electrons. The number of nitrogens with one attached hydrogen (secondary N) is 1. The van der Waals surface area contributed by atoms with Crippen LogP contribution in [0.2, 0.25) is 0 Å². The topological polar surface area (TPSA) is 75.6 Å². The molecule has 0 aliphatic rings. The Balaban J connectivity index is 2.41. The van der Waals surface area contributed by atoms with Gasteiger partial charge in [-0.25, -0.2) is 0 Å². The lowest BCUT2D eigenvalue weighted by Gasteiger charge is -2.10. The van der Waals surface area contributed by atoms with Crippen LogP contribution in [0.3, 0.4) is 0 Å². The fraction of sp³-hybridized carbons (Fsp3) is 0.500. The van der Waals surface area contributed by atoms with Crippen LogP contribution in [-0.4, -0.2) is 23.6 Å². The molecule has 5 nitrogen and oxygen atoms in total. The molecule has 0 spiro atoms. The molecule has 0 saturated carbocycles. The van der Waals surface area contributed by atoms with E-state index >= 15 is 0 Å². The molecular formula is C16H23NO4. The number of carbonyl (C=O) groups excluding carboxylic acids is 1. The lowest BCUT2D eigenvalue weighted by molar-refractivity contribution is -0.137. The summed E-state index contributed by atoms with van der Waals surface area (Å²) < 4.78 is 5.62. The lowest BCUT2D eigenvalue weighted by Crippen LogP contribution is -2.12. The van der Waals surface area contributed by atoms with Crippen molar-refractivity contribution in [1.29, 1.82) is 0 Å². The molecule has 0 unspecified atom stereocenters. The Hall–Kier alpha value is -2.04. The zero-order valence-electron chi connectivity index (χ0n) is 12.6. The largest absolute Gasteiger partial charge is 0.494 e. The number of carboxylic acid groups (broad SMARTS) is 1. The van der Waals surface area contributed by atoms with Crippen molar-refractivity contribution in [3.63, 3.8) is 0 Å². The van der Waals surface area contributed by atoms with Crippen LogP contribution in [0.25, 0.3) is 0 Å². The zero-order chi connectivity index (χ0) is 15.7. The Kier molecular flexibility index (Phi) is 7.29. The maximum atomic E-state index is 11.7. The molecule has 0 aliphatic heterocycles. The van der Waals surface area contributed by atoms with E-state index in [4.69, 9.17) is 9.84 Å². The predicted octanol–water partition coefficient (Wildman–Crippen LogP) is 3.30. The third-order valence-electron chi connectivity index (χ3n) is 2.88. The van der Waals surface area contributed by atoms with Crippen molar-refractivity contribution in [2.75, 3.05) is 11.9 Å². The van der Waals surface area contributed by atoms with E-state index < -0.39 is 5.97 Å². The third kappa shape index (κ3) is 7.97. The zero-order valence-corrected chi connectivity index (χ0v) is 12.6. The molecule has 1 aromatic carbocycles. The van der Waals surface area contributed by atoms with Gasteiger partial charge >= 0.3 is 5.97 Å². The van der Waals surface area contributed by atoms with Gasteiger partial charge in [-0.3, -0.25) is 9.59 Å². The minimum Gasteiger partial charge on any atom is -0.494 e. The van der Waals surface area contributed by atoms with Crippen LogP contribution in [0, 0.1) is 5.92 Å². The molecule has 0 fully saturated rings. The van der Waals surface area contributed by atoms with Gasteiger partial charge in [-0.05, 0) is 30.9 Å². The highest BCUT2D eigenvalue weighted by atomic mass is 16.5. The van der Waals surface area contributed by atoms with Crippen molar-refractivity contribution in [2.45, 2.75) is 39.5 Å². The number of carbonyl (C=O) groups is 2. The third-order valence-corrected chi connectivity index (χ3v) is 2.88. The van der Waals surface area contributed by atoms with Crippen molar-refractivity contribution in [1.82, 2.24) is 0 Å². The standard InChI is InChI=1S/C16H23NO4/c1-12(2)9-10-21-14-6-3-5-13(11-14)17-15(18)7-4-8-16(19)20/h3,5-6,11-12H,4,7-10H2,1-2H3,(H,17,18)(H,19,20). The molecular weight excluding hydrogens is 270 g/mol. The SMILES string of the molecule is CC(C)CCOc1cccc(NC(=O)CCCC(=O)O)c1. The number of hydrogen-bond acceptors (Lipinski definition) is 3. The quantitative estimate of drug-likeness (QED) is 0.732. The Labute approximate surface area is 125 Å². The van der Waals surface area contributed by atoms with Gasteiger partial charge in [0, 0.05) is 24.6 Å². The minimum absolute atomic E-state index is 0.00573. The van der Waals surface area contributed by atoms with Gasteiger partial charge in [0.05, 0.1) is 6.61 Å². The van der Waals surface area contributed by atoms with Crippen molar-refractivity contribution < 1.29 is 19.4 Å². The first-order chi connectivity index (χ1) is 9.97. The number of amides is 1. The average molecular weight is 293 g/mol. The normalized spacial score (nSPS) is 10.4. The molecule has 1 aromatic rings. The highest BCUT2D eigenvalue weighted by Crippen LogP contribution is 2.18. The number of carboxylic acids is 1. The number of aliphatic carboxylic acids is 1. The fourth-order valence-corrected chi connectivity index (χ4v) is 1.70. The van der Waals surface area contributed by atoms with Crippen LogP contribution >= 0.6 is 0 Å². The summed E-state index contributed by atoms with van der Waals surface area (Å²) in [5, 5.41) is 11.3. The number of benzene rings is 1. The van der Waals surface area contributed by atoms with Gasteiger partial charge in [0.15, 0.2) is 0 Å². The molecule has 0 radical (unpaired) electrons. The van der Waals surface area contributed by atoms with Gasteiger partial charge in [0.25, 0.3) is 0 Å². The Morgan fingerprint density at radius 3 is 2.71 bits per heavy atom. The van der Waals surface area contributed by atoms with Gasteiger partial charge in [-0.1, -0.05) is 19.9 Å². The first kappa shape index (κ1) is 17.0. The minimum atomic E-state index is -0.886. The van der Waals surface area contributed by atoms with Crippen LogP contribution in [0.15, 0.2) is 24.3 Å². The van der Waals surface area contributed by atoms with Gasteiger partial charge in [-0.2, -0.15) is 0 Å². The number of anilines is 1. The average Bonchev–Trinajstić information content (AvgIpc) is 2.38. The molecule has 0 bridgehead atoms. The van der Waals surface area contributed by atoms with E-state index in [0.29, 0.717) is 24.6 Å². The summed E-state index contributed by atoms with van der Waals surface area (Å²) in [6.45, 7) is 4.92. The van der Waals surface area contributed by atoms with E-state index in [-0.39, 0.29) is 18.7 Å². The number of hydrogen-bond donors (Lipinski definition) is 2. The maximum Gasteiger partial charge on any atom is 0.303 e. The summed E-state index contributed by atoms with van der Waals surface area (Å²) in [5.41, 5.74) is 0.664. The molecule has 2 N–H and O–H groups in total. The van der Waals surface area contributed by atoms with Crippen molar-refractivity contribution >= 4 is 17.6 Å². The highest BCUT2D eigenvalue weighted by molar-refractivity contribution is 5.91. The highest BCUT2D eigenvalue weighted by Gasteiger charge is 2.05. The Bertz CT molecular complexity index is 471. The van der Waals surface area contributed by atoms with Crippen molar-refractivity contribution in [2.24, 2.45) is 5.92 Å². The first-order valence-electron chi connectivity index (χ1n) is 7.22. The van der Waals surface area contributed by atoms with Crippen LogP contribution in [0.1, 0.15) is 39.5 Å². The lowest BCUT2D eigenvalue weighted by atomic mass is 10.1. The Morgan fingerprint density at radius 1 is 1.29 bits per heavy atom. The first-order valence-corrected chi connectivity index (χ1v) is 7.22. The summed E-state index contributed by atoms with van der Waals surface area (Å²) in [6, 6.07) is 7.22.